The van der Waals surface area contributed by atoms with Crippen molar-refractivity contribution < 1.29 is 19.2 Å². The number of hydrogen-bond acceptors (Lipinski definition) is 6. The highest BCUT2D eigenvalue weighted by Crippen LogP contribution is 2.36. The number of nitrogens with zero attached hydrogens (tertiary/aromatic N) is 2. The molecule has 9 heteroatoms. The van der Waals surface area contributed by atoms with Gasteiger partial charge in [0.15, 0.2) is 5.16 Å². The van der Waals surface area contributed by atoms with Crippen LogP contribution in [0.4, 0.5) is 0 Å². The topological polar surface area (TPSA) is 90.7 Å². The van der Waals surface area contributed by atoms with Crippen molar-refractivity contribution >= 4 is 30.3 Å². The van der Waals surface area contributed by atoms with Gasteiger partial charge in [-0.15, -0.1) is 0 Å². The lowest BCUT2D eigenvalue weighted by Gasteiger charge is -2.32. The molecule has 0 unspecified atom stereocenters. The monoisotopic (exact) mass is 456 g/mol. The van der Waals surface area contributed by atoms with Crippen molar-refractivity contribution in [2.24, 2.45) is 0 Å². The van der Waals surface area contributed by atoms with Gasteiger partial charge in [-0.05, 0) is 64.4 Å². The van der Waals surface area contributed by atoms with E-state index in [1.165, 1.54) is 11.8 Å². The van der Waals surface area contributed by atoms with Crippen molar-refractivity contribution in [3.63, 3.8) is 0 Å². The molecule has 1 aromatic carbocycles. The zero-order valence-corrected chi connectivity index (χ0v) is 19.8. The van der Waals surface area contributed by atoms with E-state index >= 15 is 0 Å². The van der Waals surface area contributed by atoms with Crippen LogP contribution in [0.15, 0.2) is 34.2 Å². The van der Waals surface area contributed by atoms with Crippen molar-refractivity contribution in [3.05, 3.63) is 51.4 Å². The van der Waals surface area contributed by atoms with Crippen LogP contribution in [-0.4, -0.2) is 38.9 Å². The number of carboxylic acid groups (broad SMARTS) is 1. The van der Waals surface area contributed by atoms with Gasteiger partial charge in [-0.2, -0.15) is 4.98 Å². The molecule has 1 aliphatic heterocycles. The van der Waals surface area contributed by atoms with E-state index in [1.54, 1.807) is 4.57 Å². The third-order valence-electron chi connectivity index (χ3n) is 6.62. The van der Waals surface area contributed by atoms with Gasteiger partial charge < -0.3 is 19.0 Å². The normalized spacial score (nSPS) is 19.1. The number of aliphatic carboxylic acids is 1. The fourth-order valence-corrected chi connectivity index (χ4v) is 5.02. The fraction of sp³-hybridized carbons (Fsp3) is 0.522. The van der Waals surface area contributed by atoms with E-state index in [4.69, 9.17) is 9.31 Å². The third-order valence-corrected chi connectivity index (χ3v) is 7.66. The summed E-state index contributed by atoms with van der Waals surface area (Å²) in [5.41, 5.74) is 2.50. The van der Waals surface area contributed by atoms with E-state index < -0.39 is 24.3 Å². The van der Waals surface area contributed by atoms with Gasteiger partial charge in [0.2, 0.25) is 0 Å². The van der Waals surface area contributed by atoms with Crippen LogP contribution < -0.4 is 11.0 Å². The Labute approximate surface area is 192 Å². The van der Waals surface area contributed by atoms with Gasteiger partial charge in [0.05, 0.1) is 11.2 Å². The van der Waals surface area contributed by atoms with E-state index in [1.807, 2.05) is 52.0 Å². The van der Waals surface area contributed by atoms with Crippen molar-refractivity contribution in [2.45, 2.75) is 82.0 Å². The molecule has 0 bridgehead atoms. The van der Waals surface area contributed by atoms with Gasteiger partial charge in [0.1, 0.15) is 6.54 Å². The average molecular weight is 456 g/mol. The molecule has 170 valence electrons. The Morgan fingerprint density at radius 3 is 2.38 bits per heavy atom. The standard InChI is InChI=1S/C23H29BN2O5S/c1-22(2)23(3,4)31-24(30-22)16-11-9-15(10-12-16)14-32-21-25-20(29)17-7-5-6-8-18(17)26(21)13-19(27)28/h9-12H,5-8,13-14H2,1-4H3,(H,27,28). The summed E-state index contributed by atoms with van der Waals surface area (Å²) in [4.78, 5) is 28.2. The van der Waals surface area contributed by atoms with Crippen LogP contribution in [0.3, 0.4) is 0 Å². The summed E-state index contributed by atoms with van der Waals surface area (Å²) in [7, 11) is -0.412. The van der Waals surface area contributed by atoms with Crippen LogP contribution >= 0.6 is 11.8 Å². The second kappa shape index (κ2) is 8.69. The van der Waals surface area contributed by atoms with E-state index in [9.17, 15) is 14.7 Å². The maximum atomic E-state index is 12.5. The molecule has 1 N–H and O–H groups in total. The molecular formula is C23H29BN2O5S. The van der Waals surface area contributed by atoms with Crippen LogP contribution in [0.1, 0.15) is 57.4 Å². The SMILES string of the molecule is CC1(C)OB(c2ccc(CSc3nc(=O)c4c(n3CC(=O)O)CCCC4)cc2)OC1(C)C. The minimum atomic E-state index is -0.933. The second-order valence-corrected chi connectivity index (χ2v) is 10.4. The number of carboxylic acids is 1. The van der Waals surface area contributed by atoms with Crippen LogP contribution in [0.5, 0.6) is 0 Å². The molecule has 7 nitrogen and oxygen atoms in total. The highest BCUT2D eigenvalue weighted by atomic mass is 32.2. The molecule has 1 aliphatic carbocycles. The smallest absolute Gasteiger partial charge is 0.480 e. The largest absolute Gasteiger partial charge is 0.494 e. The molecule has 0 saturated carbocycles. The molecule has 0 radical (unpaired) electrons. The predicted molar refractivity (Wildman–Crippen MR) is 124 cm³/mol. The first-order valence-corrected chi connectivity index (χ1v) is 12.0. The predicted octanol–water partition coefficient (Wildman–Crippen LogP) is 2.80. The van der Waals surface area contributed by atoms with E-state index in [0.717, 1.165) is 36.0 Å². The van der Waals surface area contributed by atoms with Crippen molar-refractivity contribution in [1.82, 2.24) is 9.55 Å². The van der Waals surface area contributed by atoms with Gasteiger partial charge in [-0.25, -0.2) is 0 Å². The molecule has 2 aromatic rings. The lowest BCUT2D eigenvalue weighted by atomic mass is 9.79. The minimum Gasteiger partial charge on any atom is -0.480 e. The molecule has 4 rings (SSSR count). The number of fused-ring (bicyclic) bond motifs is 1. The number of thioether (sulfide) groups is 1. The Balaban J connectivity index is 1.51. The van der Waals surface area contributed by atoms with Crippen LogP contribution in [0.2, 0.25) is 0 Å². The summed E-state index contributed by atoms with van der Waals surface area (Å²) < 4.78 is 13.9. The summed E-state index contributed by atoms with van der Waals surface area (Å²) in [5, 5.41) is 9.86. The summed E-state index contributed by atoms with van der Waals surface area (Å²) in [5.74, 6) is -0.356. The van der Waals surface area contributed by atoms with Crippen molar-refractivity contribution in [1.29, 1.82) is 0 Å². The average Bonchev–Trinajstić information content (AvgIpc) is 2.96. The van der Waals surface area contributed by atoms with E-state index in [0.29, 0.717) is 22.9 Å². The quantitative estimate of drug-likeness (QED) is 0.406. The maximum absolute atomic E-state index is 12.5. The third kappa shape index (κ3) is 4.51. The Hall–Kier alpha value is -2.10. The number of rotatable bonds is 6. The summed E-state index contributed by atoms with van der Waals surface area (Å²) >= 11 is 1.39. The second-order valence-electron chi connectivity index (χ2n) is 9.43. The molecule has 1 saturated heterocycles. The number of benzene rings is 1. The summed E-state index contributed by atoms with van der Waals surface area (Å²) in [6, 6.07) is 7.99. The molecule has 0 atom stereocenters. The minimum absolute atomic E-state index is 0.182. The highest BCUT2D eigenvalue weighted by Gasteiger charge is 2.51. The van der Waals surface area contributed by atoms with Gasteiger partial charge in [0.25, 0.3) is 5.56 Å². The number of carbonyl (C=O) groups is 1. The molecule has 1 aromatic heterocycles. The Kier molecular flexibility index (Phi) is 6.26. The van der Waals surface area contributed by atoms with E-state index in [-0.39, 0.29) is 12.1 Å². The van der Waals surface area contributed by atoms with Crippen LogP contribution in [0, 0.1) is 0 Å². The van der Waals surface area contributed by atoms with Gasteiger partial charge in [-0.3, -0.25) is 9.59 Å². The Morgan fingerprint density at radius 1 is 1.12 bits per heavy atom. The van der Waals surface area contributed by atoms with Gasteiger partial charge in [0, 0.05) is 17.0 Å². The molecule has 32 heavy (non-hydrogen) atoms. The molecule has 2 aliphatic rings. The number of aromatic nitrogens is 2. The lowest BCUT2D eigenvalue weighted by Crippen LogP contribution is -2.41. The zero-order chi connectivity index (χ0) is 23.1. The summed E-state index contributed by atoms with van der Waals surface area (Å²) in [6.07, 6.45) is 3.29. The maximum Gasteiger partial charge on any atom is 0.494 e. The van der Waals surface area contributed by atoms with Gasteiger partial charge >= 0.3 is 13.1 Å². The Morgan fingerprint density at radius 2 is 1.75 bits per heavy atom. The lowest BCUT2D eigenvalue weighted by molar-refractivity contribution is -0.137. The first kappa shape index (κ1) is 23.1. The molecule has 2 heterocycles. The van der Waals surface area contributed by atoms with Crippen LogP contribution in [0.25, 0.3) is 0 Å². The first-order chi connectivity index (χ1) is 15.1. The highest BCUT2D eigenvalue weighted by molar-refractivity contribution is 7.98. The van der Waals surface area contributed by atoms with Gasteiger partial charge in [-0.1, -0.05) is 36.0 Å². The molecular weight excluding hydrogens is 427 g/mol. The van der Waals surface area contributed by atoms with Crippen molar-refractivity contribution in [3.8, 4) is 0 Å². The fourth-order valence-electron chi connectivity index (χ4n) is 4.05. The van der Waals surface area contributed by atoms with Crippen LogP contribution in [-0.2, 0) is 39.2 Å². The molecule has 0 amide bonds. The van der Waals surface area contributed by atoms with Crippen molar-refractivity contribution in [2.75, 3.05) is 0 Å². The number of hydrogen-bond donors (Lipinski definition) is 1. The van der Waals surface area contributed by atoms with E-state index in [2.05, 4.69) is 4.98 Å². The first-order valence-electron chi connectivity index (χ1n) is 11.0. The Bertz CT molecular complexity index is 1070. The zero-order valence-electron chi connectivity index (χ0n) is 19.0. The summed E-state index contributed by atoms with van der Waals surface area (Å²) in [6.45, 7) is 7.93. The molecule has 1 fully saturated rings. The molecule has 0 spiro atoms.